The quantitative estimate of drug-likeness (QED) is 0.618. The van der Waals surface area contributed by atoms with Crippen LogP contribution in [0.4, 0.5) is 8.78 Å². The van der Waals surface area contributed by atoms with E-state index in [1.165, 1.54) is 0 Å². The average molecular weight is 182 g/mol. The molecule has 13 heavy (non-hydrogen) atoms. The fraction of sp³-hybridized carbons (Fsp3) is 0.273. The predicted octanol–water partition coefficient (Wildman–Crippen LogP) is 3.85. The van der Waals surface area contributed by atoms with Gasteiger partial charge in [-0.2, -0.15) is 8.78 Å². The van der Waals surface area contributed by atoms with Crippen molar-refractivity contribution < 1.29 is 8.78 Å². The lowest BCUT2D eigenvalue weighted by Gasteiger charge is -2.06. The van der Waals surface area contributed by atoms with Gasteiger partial charge >= 0.3 is 0 Å². The lowest BCUT2D eigenvalue weighted by Crippen LogP contribution is -1.88. The monoisotopic (exact) mass is 182 g/mol. The van der Waals surface area contributed by atoms with Crippen LogP contribution in [0.3, 0.4) is 0 Å². The summed E-state index contributed by atoms with van der Waals surface area (Å²) in [6.45, 7) is 5.64. The van der Waals surface area contributed by atoms with Crippen molar-refractivity contribution in [1.82, 2.24) is 0 Å². The lowest BCUT2D eigenvalue weighted by atomic mass is 10.00. The van der Waals surface area contributed by atoms with E-state index in [4.69, 9.17) is 0 Å². The topological polar surface area (TPSA) is 0 Å². The van der Waals surface area contributed by atoms with Crippen molar-refractivity contribution in [3.8, 4) is 0 Å². The molecule has 0 aliphatic heterocycles. The van der Waals surface area contributed by atoms with Gasteiger partial charge in [-0.25, -0.2) is 0 Å². The van der Waals surface area contributed by atoms with Crippen LogP contribution in [-0.2, 0) is 0 Å². The maximum Gasteiger partial charge on any atom is 0.270 e. The summed E-state index contributed by atoms with van der Waals surface area (Å²) < 4.78 is 24.1. The average Bonchev–Trinajstić information content (AvgIpc) is 1.96. The summed E-state index contributed by atoms with van der Waals surface area (Å²) in [7, 11) is 0. The molecule has 0 atom stereocenters. The van der Waals surface area contributed by atoms with Crippen molar-refractivity contribution >= 4 is 6.08 Å². The van der Waals surface area contributed by atoms with Crippen LogP contribution < -0.4 is 0 Å². The highest BCUT2D eigenvalue weighted by Crippen LogP contribution is 2.19. The van der Waals surface area contributed by atoms with Crippen molar-refractivity contribution in [3.63, 3.8) is 0 Å². The van der Waals surface area contributed by atoms with E-state index < -0.39 is 6.08 Å². The SMILES string of the molecule is Cc1cc(C)c(C=C(F)F)c(C)c1. The number of benzene rings is 1. The Bertz CT molecular complexity index is 324. The fourth-order valence-electron chi connectivity index (χ4n) is 1.53. The molecule has 0 aromatic heterocycles. The molecule has 1 aromatic carbocycles. The van der Waals surface area contributed by atoms with Gasteiger partial charge < -0.3 is 0 Å². The molecule has 0 saturated heterocycles. The van der Waals surface area contributed by atoms with E-state index in [1.807, 2.05) is 32.9 Å². The number of hydrogen-bond donors (Lipinski definition) is 0. The third-order valence-electron chi connectivity index (χ3n) is 1.99. The highest BCUT2D eigenvalue weighted by Gasteiger charge is 2.02. The zero-order valence-electron chi connectivity index (χ0n) is 7.99. The van der Waals surface area contributed by atoms with E-state index >= 15 is 0 Å². The van der Waals surface area contributed by atoms with Crippen LogP contribution in [0.5, 0.6) is 0 Å². The van der Waals surface area contributed by atoms with Gasteiger partial charge in [0.05, 0.1) is 0 Å². The molecule has 0 unspecified atom stereocenters. The molecular formula is C11H12F2. The molecule has 0 saturated carbocycles. The Morgan fingerprint density at radius 2 is 1.54 bits per heavy atom. The highest BCUT2D eigenvalue weighted by atomic mass is 19.3. The molecule has 1 rings (SSSR count). The molecule has 0 aliphatic rings. The van der Waals surface area contributed by atoms with Gasteiger partial charge in [-0.3, -0.25) is 0 Å². The Kier molecular flexibility index (Phi) is 2.81. The van der Waals surface area contributed by atoms with Crippen LogP contribution >= 0.6 is 0 Å². The van der Waals surface area contributed by atoms with Crippen LogP contribution in [-0.4, -0.2) is 0 Å². The van der Waals surface area contributed by atoms with E-state index in [2.05, 4.69) is 0 Å². The summed E-state index contributed by atoms with van der Waals surface area (Å²) in [5, 5.41) is 0. The van der Waals surface area contributed by atoms with Crippen LogP contribution in [0.25, 0.3) is 6.08 Å². The van der Waals surface area contributed by atoms with Crippen LogP contribution in [0.1, 0.15) is 22.3 Å². The maximum atomic E-state index is 12.0. The third kappa shape index (κ3) is 2.38. The fourth-order valence-corrected chi connectivity index (χ4v) is 1.53. The van der Waals surface area contributed by atoms with Crippen molar-refractivity contribution in [2.75, 3.05) is 0 Å². The second-order valence-electron chi connectivity index (χ2n) is 3.25. The predicted molar refractivity (Wildman–Crippen MR) is 50.8 cm³/mol. The first kappa shape index (κ1) is 9.90. The minimum absolute atomic E-state index is 0.630. The van der Waals surface area contributed by atoms with Gasteiger partial charge in [0, 0.05) is 6.08 Å². The van der Waals surface area contributed by atoms with Gasteiger partial charge in [0.1, 0.15) is 0 Å². The molecule has 0 N–H and O–H groups in total. The normalized spacial score (nSPS) is 9.92. The molecule has 0 amide bonds. The van der Waals surface area contributed by atoms with Gasteiger partial charge in [-0.15, -0.1) is 0 Å². The smallest absolute Gasteiger partial charge is 0.173 e. The standard InChI is InChI=1S/C11H12F2/c1-7-4-8(2)10(6-11(12)13)9(3)5-7/h4-6H,1-3H3. The maximum absolute atomic E-state index is 12.0. The summed E-state index contributed by atoms with van der Waals surface area (Å²) >= 11 is 0. The van der Waals surface area contributed by atoms with E-state index in [9.17, 15) is 8.78 Å². The van der Waals surface area contributed by atoms with Crippen LogP contribution in [0.2, 0.25) is 0 Å². The summed E-state index contributed by atoms with van der Waals surface area (Å²) in [6, 6.07) is 3.81. The van der Waals surface area contributed by atoms with E-state index in [1.54, 1.807) is 0 Å². The van der Waals surface area contributed by atoms with E-state index in [-0.39, 0.29) is 0 Å². The van der Waals surface area contributed by atoms with Gasteiger partial charge in [0.15, 0.2) is 0 Å². The second kappa shape index (κ2) is 3.69. The molecule has 0 heterocycles. The van der Waals surface area contributed by atoms with Crippen molar-refractivity contribution in [2.45, 2.75) is 20.8 Å². The Balaban J connectivity index is 3.29. The minimum atomic E-state index is -1.64. The van der Waals surface area contributed by atoms with Crippen molar-refractivity contribution in [3.05, 3.63) is 40.5 Å². The van der Waals surface area contributed by atoms with E-state index in [0.29, 0.717) is 5.56 Å². The molecule has 0 bridgehead atoms. The van der Waals surface area contributed by atoms with Gasteiger partial charge in [0.25, 0.3) is 6.08 Å². The van der Waals surface area contributed by atoms with Gasteiger partial charge in [0.2, 0.25) is 0 Å². The molecule has 0 fully saturated rings. The molecule has 0 spiro atoms. The summed E-state index contributed by atoms with van der Waals surface area (Å²) in [5.41, 5.74) is 3.52. The zero-order valence-corrected chi connectivity index (χ0v) is 7.99. The van der Waals surface area contributed by atoms with E-state index in [0.717, 1.165) is 22.8 Å². The number of aryl methyl sites for hydroxylation is 3. The molecule has 2 heteroatoms. The first-order valence-corrected chi connectivity index (χ1v) is 4.11. The molecule has 1 aromatic rings. The number of rotatable bonds is 1. The molecular weight excluding hydrogens is 170 g/mol. The minimum Gasteiger partial charge on any atom is -0.173 e. The largest absolute Gasteiger partial charge is 0.270 e. The Morgan fingerprint density at radius 3 is 1.92 bits per heavy atom. The Morgan fingerprint density at radius 1 is 1.08 bits per heavy atom. The summed E-state index contributed by atoms with van der Waals surface area (Å²) in [5.74, 6) is 0. The zero-order chi connectivity index (χ0) is 10.0. The molecule has 0 radical (unpaired) electrons. The number of halogens is 2. The Labute approximate surface area is 76.9 Å². The first-order valence-electron chi connectivity index (χ1n) is 4.11. The lowest BCUT2D eigenvalue weighted by molar-refractivity contribution is 0.429. The first-order chi connectivity index (χ1) is 6.00. The Hall–Kier alpha value is -1.18. The highest BCUT2D eigenvalue weighted by molar-refractivity contribution is 5.58. The van der Waals surface area contributed by atoms with Crippen molar-refractivity contribution in [2.24, 2.45) is 0 Å². The number of hydrogen-bond acceptors (Lipinski definition) is 0. The summed E-state index contributed by atoms with van der Waals surface area (Å²) in [4.78, 5) is 0. The van der Waals surface area contributed by atoms with Gasteiger partial charge in [-0.1, -0.05) is 17.7 Å². The molecule has 0 nitrogen and oxygen atoms in total. The van der Waals surface area contributed by atoms with Crippen LogP contribution in [0.15, 0.2) is 18.2 Å². The van der Waals surface area contributed by atoms with Crippen LogP contribution in [0, 0.1) is 20.8 Å². The summed E-state index contributed by atoms with van der Waals surface area (Å²) in [6.07, 6.45) is -0.723. The molecule has 70 valence electrons. The molecule has 0 aliphatic carbocycles. The third-order valence-corrected chi connectivity index (χ3v) is 1.99. The van der Waals surface area contributed by atoms with Crippen molar-refractivity contribution in [1.29, 1.82) is 0 Å². The second-order valence-corrected chi connectivity index (χ2v) is 3.25. The van der Waals surface area contributed by atoms with Gasteiger partial charge in [-0.05, 0) is 37.5 Å².